The number of ether oxygens (including phenoxy) is 1. The number of nitrogens with zero attached hydrogens (tertiary/aromatic N) is 1. The first-order chi connectivity index (χ1) is 16.6. The Morgan fingerprint density at radius 1 is 1.11 bits per heavy atom. The van der Waals surface area contributed by atoms with Crippen LogP contribution in [0.1, 0.15) is 68.8 Å². The molecule has 6 nitrogen and oxygen atoms in total. The molecular formula is C29H33NO5. The molecule has 0 bridgehead atoms. The Labute approximate surface area is 206 Å². The van der Waals surface area contributed by atoms with E-state index in [1.54, 1.807) is 17.0 Å². The van der Waals surface area contributed by atoms with Gasteiger partial charge < -0.3 is 19.2 Å². The maximum atomic E-state index is 13.6. The van der Waals surface area contributed by atoms with Crippen molar-refractivity contribution >= 4 is 22.7 Å². The van der Waals surface area contributed by atoms with E-state index in [1.165, 1.54) is 0 Å². The highest BCUT2D eigenvalue weighted by Crippen LogP contribution is 2.40. The minimum atomic E-state index is -0.712. The van der Waals surface area contributed by atoms with E-state index in [2.05, 4.69) is 20.8 Å². The first-order valence-electron chi connectivity index (χ1n) is 12.1. The minimum absolute atomic E-state index is 0.0389. The number of fused-ring (bicyclic) bond motifs is 1. The van der Waals surface area contributed by atoms with Crippen LogP contribution in [0.3, 0.4) is 0 Å². The van der Waals surface area contributed by atoms with E-state index < -0.39 is 23.5 Å². The van der Waals surface area contributed by atoms with Crippen molar-refractivity contribution in [2.75, 3.05) is 13.2 Å². The molecule has 4 rings (SSSR count). The second-order valence-corrected chi connectivity index (χ2v) is 10.3. The zero-order valence-corrected chi connectivity index (χ0v) is 21.0. The van der Waals surface area contributed by atoms with Gasteiger partial charge in [-0.1, -0.05) is 63.2 Å². The highest BCUT2D eigenvalue weighted by molar-refractivity contribution is 6.16. The minimum Gasteiger partial charge on any atom is -0.503 e. The predicted molar refractivity (Wildman–Crippen MR) is 136 cm³/mol. The molecule has 0 fully saturated rings. The lowest BCUT2D eigenvalue weighted by Crippen LogP contribution is -2.32. The van der Waals surface area contributed by atoms with Gasteiger partial charge in [0, 0.05) is 18.5 Å². The Morgan fingerprint density at radius 2 is 1.80 bits per heavy atom. The third-order valence-corrected chi connectivity index (χ3v) is 6.28. The molecule has 35 heavy (non-hydrogen) atoms. The average molecular weight is 476 g/mol. The number of hydrogen-bond donors (Lipinski definition) is 1. The highest BCUT2D eigenvalue weighted by Gasteiger charge is 2.44. The molecule has 0 spiro atoms. The number of para-hydroxylation sites is 1. The van der Waals surface area contributed by atoms with Crippen LogP contribution in [0.25, 0.3) is 11.0 Å². The van der Waals surface area contributed by atoms with Crippen molar-refractivity contribution in [2.45, 2.75) is 58.6 Å². The molecule has 1 aliphatic rings. The molecule has 0 aliphatic carbocycles. The molecule has 0 radical (unpaired) electrons. The average Bonchev–Trinajstić information content (AvgIpc) is 3.35. The molecule has 2 aromatic carbocycles. The van der Waals surface area contributed by atoms with E-state index in [9.17, 15) is 14.7 Å². The Bertz CT molecular complexity index is 1230. The molecule has 1 unspecified atom stereocenters. The van der Waals surface area contributed by atoms with Crippen molar-refractivity contribution in [3.05, 3.63) is 82.8 Å². The molecular weight excluding hydrogens is 442 g/mol. The lowest BCUT2D eigenvalue weighted by molar-refractivity contribution is -0.129. The van der Waals surface area contributed by atoms with Gasteiger partial charge in [-0.25, -0.2) is 0 Å². The summed E-state index contributed by atoms with van der Waals surface area (Å²) in [6, 6.07) is 16.2. The summed E-state index contributed by atoms with van der Waals surface area (Å²) in [6.45, 7) is 11.1. The number of hydrogen-bond acceptors (Lipinski definition) is 5. The standard InChI is InChI=1S/C29H33NO5/c1-18(2)34-16-8-15-30-25(19-11-13-21(14-12-19)29(3,4)5)24(27(32)28(30)33)26(31)23-17-20-9-6-7-10-22(20)35-23/h6-7,9-14,17-18,25,32H,8,15-16H2,1-5H3. The number of aliphatic hydroxyl groups excluding tert-OH is 1. The molecule has 1 aliphatic heterocycles. The number of aliphatic hydroxyl groups is 1. The number of Topliss-reactive ketones (excluding diaryl/α,β-unsaturated/α-hetero) is 1. The fraction of sp³-hybridized carbons (Fsp3) is 0.379. The maximum Gasteiger partial charge on any atom is 0.290 e. The van der Waals surface area contributed by atoms with Gasteiger partial charge in [0.05, 0.1) is 17.7 Å². The molecule has 184 valence electrons. The van der Waals surface area contributed by atoms with Gasteiger partial charge in [0.1, 0.15) is 5.58 Å². The topological polar surface area (TPSA) is 80.0 Å². The smallest absolute Gasteiger partial charge is 0.290 e. The van der Waals surface area contributed by atoms with Crippen LogP contribution in [-0.4, -0.2) is 41.0 Å². The van der Waals surface area contributed by atoms with Gasteiger partial charge in [-0.3, -0.25) is 9.59 Å². The summed E-state index contributed by atoms with van der Waals surface area (Å²) in [4.78, 5) is 28.3. The van der Waals surface area contributed by atoms with Crippen LogP contribution in [0.5, 0.6) is 0 Å². The van der Waals surface area contributed by atoms with E-state index in [-0.39, 0.29) is 22.9 Å². The number of carbonyl (C=O) groups excluding carboxylic acids is 2. The second kappa shape index (κ2) is 9.70. The molecule has 1 N–H and O–H groups in total. The third kappa shape index (κ3) is 5.03. The third-order valence-electron chi connectivity index (χ3n) is 6.28. The molecule has 6 heteroatoms. The lowest BCUT2D eigenvalue weighted by Gasteiger charge is -2.27. The first-order valence-corrected chi connectivity index (χ1v) is 12.1. The van der Waals surface area contributed by atoms with E-state index in [1.807, 2.05) is 56.3 Å². The van der Waals surface area contributed by atoms with Crippen molar-refractivity contribution in [3.8, 4) is 0 Å². The van der Waals surface area contributed by atoms with Crippen LogP contribution < -0.4 is 0 Å². The van der Waals surface area contributed by atoms with E-state index in [0.717, 1.165) is 16.5 Å². The Morgan fingerprint density at radius 3 is 2.43 bits per heavy atom. The normalized spacial score (nSPS) is 16.7. The van der Waals surface area contributed by atoms with Crippen LogP contribution in [0.2, 0.25) is 0 Å². The number of ketones is 1. The van der Waals surface area contributed by atoms with Gasteiger partial charge in [0.2, 0.25) is 5.78 Å². The lowest BCUT2D eigenvalue weighted by atomic mass is 9.85. The van der Waals surface area contributed by atoms with E-state index in [0.29, 0.717) is 25.2 Å². The molecule has 2 heterocycles. The summed E-state index contributed by atoms with van der Waals surface area (Å²) in [5, 5.41) is 11.7. The van der Waals surface area contributed by atoms with Gasteiger partial charge in [-0.15, -0.1) is 0 Å². The largest absolute Gasteiger partial charge is 0.503 e. The molecule has 3 aromatic rings. The molecule has 0 saturated heterocycles. The van der Waals surface area contributed by atoms with Crippen LogP contribution in [0.4, 0.5) is 0 Å². The van der Waals surface area contributed by atoms with Crippen LogP contribution in [0, 0.1) is 0 Å². The Hall–Kier alpha value is -3.38. The zero-order chi connectivity index (χ0) is 25.3. The zero-order valence-electron chi connectivity index (χ0n) is 21.0. The van der Waals surface area contributed by atoms with Crippen LogP contribution >= 0.6 is 0 Å². The Balaban J connectivity index is 1.71. The van der Waals surface area contributed by atoms with Crippen molar-refractivity contribution < 1.29 is 23.8 Å². The predicted octanol–water partition coefficient (Wildman–Crippen LogP) is 6.12. The van der Waals surface area contributed by atoms with Crippen molar-refractivity contribution in [1.29, 1.82) is 0 Å². The van der Waals surface area contributed by atoms with Crippen LogP contribution in [0.15, 0.2) is 70.3 Å². The van der Waals surface area contributed by atoms with Crippen molar-refractivity contribution in [2.24, 2.45) is 0 Å². The Kier molecular flexibility index (Phi) is 6.86. The van der Waals surface area contributed by atoms with Crippen LogP contribution in [-0.2, 0) is 14.9 Å². The summed E-state index contributed by atoms with van der Waals surface area (Å²) in [5.41, 5.74) is 2.49. The van der Waals surface area contributed by atoms with Crippen molar-refractivity contribution in [1.82, 2.24) is 4.90 Å². The summed E-state index contributed by atoms with van der Waals surface area (Å²) < 4.78 is 11.4. The summed E-state index contributed by atoms with van der Waals surface area (Å²) in [7, 11) is 0. The number of rotatable bonds is 8. The summed E-state index contributed by atoms with van der Waals surface area (Å²) in [6.07, 6.45) is 0.668. The molecule has 1 amide bonds. The maximum absolute atomic E-state index is 13.6. The number of carbonyl (C=O) groups is 2. The number of amides is 1. The highest BCUT2D eigenvalue weighted by atomic mass is 16.5. The molecule has 0 saturated carbocycles. The quantitative estimate of drug-likeness (QED) is 0.313. The fourth-order valence-corrected chi connectivity index (χ4v) is 4.41. The van der Waals surface area contributed by atoms with Gasteiger partial charge >= 0.3 is 0 Å². The first kappa shape index (κ1) is 24.7. The van der Waals surface area contributed by atoms with E-state index in [4.69, 9.17) is 9.15 Å². The van der Waals surface area contributed by atoms with Gasteiger partial charge in [-0.2, -0.15) is 0 Å². The van der Waals surface area contributed by atoms with Gasteiger partial charge in [0.15, 0.2) is 11.5 Å². The monoisotopic (exact) mass is 475 g/mol. The van der Waals surface area contributed by atoms with Gasteiger partial charge in [0.25, 0.3) is 5.91 Å². The van der Waals surface area contributed by atoms with Gasteiger partial charge in [-0.05, 0) is 48.9 Å². The fourth-order valence-electron chi connectivity index (χ4n) is 4.41. The summed E-state index contributed by atoms with van der Waals surface area (Å²) in [5.74, 6) is -1.47. The summed E-state index contributed by atoms with van der Waals surface area (Å²) >= 11 is 0. The SMILES string of the molecule is CC(C)OCCCN1C(=O)C(O)=C(C(=O)c2cc3ccccc3o2)C1c1ccc(C(C)(C)C)cc1. The number of furan rings is 1. The molecule has 1 aromatic heterocycles. The van der Waals surface area contributed by atoms with E-state index >= 15 is 0 Å². The second-order valence-electron chi connectivity index (χ2n) is 10.3. The van der Waals surface area contributed by atoms with Crippen molar-refractivity contribution in [3.63, 3.8) is 0 Å². The molecule has 1 atom stereocenters. The number of benzene rings is 2.